The lowest BCUT2D eigenvalue weighted by molar-refractivity contribution is 0.00348. The summed E-state index contributed by atoms with van der Waals surface area (Å²) in [5.74, 6) is 0. The minimum Gasteiger partial charge on any atom is -0.394 e. The topological polar surface area (TPSA) is 52.9 Å². The van der Waals surface area contributed by atoms with Gasteiger partial charge in [-0.15, -0.1) is 0 Å². The number of hydrogen-bond acceptors (Lipinski definition) is 4. The van der Waals surface area contributed by atoms with E-state index in [4.69, 9.17) is 21.4 Å². The summed E-state index contributed by atoms with van der Waals surface area (Å²) >= 11 is 5.90. The normalized spacial score (nSPS) is 20.6. The molecular formula is C12H16ClNO3. The van der Waals surface area contributed by atoms with Crippen molar-refractivity contribution in [3.05, 3.63) is 28.8 Å². The molecule has 1 aliphatic heterocycles. The van der Waals surface area contributed by atoms with Crippen LogP contribution in [0.3, 0.4) is 0 Å². The summed E-state index contributed by atoms with van der Waals surface area (Å²) < 4.78 is 5.40. The largest absolute Gasteiger partial charge is 0.394 e. The third-order valence-electron chi connectivity index (χ3n) is 2.89. The van der Waals surface area contributed by atoms with Gasteiger partial charge in [-0.05, 0) is 18.2 Å². The number of aliphatic hydroxyl groups is 2. The Morgan fingerprint density at radius 1 is 1.41 bits per heavy atom. The average molecular weight is 258 g/mol. The molecule has 0 spiro atoms. The van der Waals surface area contributed by atoms with E-state index in [1.165, 1.54) is 0 Å². The van der Waals surface area contributed by atoms with Gasteiger partial charge in [0.1, 0.15) is 0 Å². The van der Waals surface area contributed by atoms with E-state index in [-0.39, 0.29) is 19.3 Å². The van der Waals surface area contributed by atoms with E-state index < -0.39 is 0 Å². The first-order chi connectivity index (χ1) is 8.24. The fourth-order valence-corrected chi connectivity index (χ4v) is 2.23. The van der Waals surface area contributed by atoms with Crippen LogP contribution >= 0.6 is 11.6 Å². The molecule has 2 N–H and O–H groups in total. The highest BCUT2D eigenvalue weighted by atomic mass is 35.5. The predicted molar refractivity (Wildman–Crippen MR) is 66.4 cm³/mol. The summed E-state index contributed by atoms with van der Waals surface area (Å²) in [6.45, 7) is 1.94. The van der Waals surface area contributed by atoms with Gasteiger partial charge in [0.2, 0.25) is 0 Å². The van der Waals surface area contributed by atoms with Gasteiger partial charge in [0.05, 0.1) is 25.9 Å². The van der Waals surface area contributed by atoms with Gasteiger partial charge < -0.3 is 19.8 Å². The molecule has 0 radical (unpaired) electrons. The number of nitrogens with zero attached hydrogens (tertiary/aromatic N) is 1. The molecule has 0 saturated carbocycles. The molecule has 0 bridgehead atoms. The SMILES string of the molecule is OCc1cc(Cl)ccc1N1CCOC(CO)C1. The Morgan fingerprint density at radius 3 is 2.94 bits per heavy atom. The summed E-state index contributed by atoms with van der Waals surface area (Å²) in [7, 11) is 0. The number of benzene rings is 1. The zero-order valence-corrected chi connectivity index (χ0v) is 10.2. The highest BCUT2D eigenvalue weighted by Crippen LogP contribution is 2.26. The molecule has 94 valence electrons. The minimum absolute atomic E-state index is 0.0124. The molecule has 5 heteroatoms. The predicted octanol–water partition coefficient (Wildman–Crippen LogP) is 1.03. The van der Waals surface area contributed by atoms with E-state index in [2.05, 4.69) is 4.90 Å². The lowest BCUT2D eigenvalue weighted by Crippen LogP contribution is -2.44. The minimum atomic E-state index is -0.161. The Hall–Kier alpha value is -0.810. The Balaban J connectivity index is 2.20. The monoisotopic (exact) mass is 257 g/mol. The van der Waals surface area contributed by atoms with Gasteiger partial charge in [0.25, 0.3) is 0 Å². The summed E-state index contributed by atoms with van der Waals surface area (Å²) in [4.78, 5) is 2.10. The van der Waals surface area contributed by atoms with Crippen LogP contribution in [0.2, 0.25) is 5.02 Å². The van der Waals surface area contributed by atoms with Crippen molar-refractivity contribution in [3.63, 3.8) is 0 Å². The fraction of sp³-hybridized carbons (Fsp3) is 0.500. The van der Waals surface area contributed by atoms with Gasteiger partial charge in [-0.25, -0.2) is 0 Å². The second-order valence-corrected chi connectivity index (χ2v) is 4.49. The number of anilines is 1. The van der Waals surface area contributed by atoms with Gasteiger partial charge in [-0.3, -0.25) is 0 Å². The molecule has 17 heavy (non-hydrogen) atoms. The lowest BCUT2D eigenvalue weighted by atomic mass is 10.1. The number of hydrogen-bond donors (Lipinski definition) is 2. The van der Waals surface area contributed by atoms with Crippen molar-refractivity contribution in [2.75, 3.05) is 31.2 Å². The van der Waals surface area contributed by atoms with E-state index in [1.54, 1.807) is 12.1 Å². The van der Waals surface area contributed by atoms with Crippen LogP contribution in [0.4, 0.5) is 5.69 Å². The van der Waals surface area contributed by atoms with Crippen molar-refractivity contribution in [2.24, 2.45) is 0 Å². The summed E-state index contributed by atoms with van der Waals surface area (Å²) in [6.07, 6.45) is -0.161. The molecular weight excluding hydrogens is 242 g/mol. The van der Waals surface area contributed by atoms with Crippen LogP contribution in [0.1, 0.15) is 5.56 Å². The molecule has 1 aromatic rings. The number of halogens is 1. The summed E-state index contributed by atoms with van der Waals surface area (Å²) in [6, 6.07) is 5.47. The first-order valence-electron chi connectivity index (χ1n) is 5.61. The van der Waals surface area contributed by atoms with E-state index in [9.17, 15) is 5.11 Å². The molecule has 2 rings (SSSR count). The number of aliphatic hydroxyl groups excluding tert-OH is 2. The van der Waals surface area contributed by atoms with Gasteiger partial charge in [-0.1, -0.05) is 11.6 Å². The number of rotatable bonds is 3. The van der Waals surface area contributed by atoms with Crippen molar-refractivity contribution in [1.29, 1.82) is 0 Å². The van der Waals surface area contributed by atoms with Crippen molar-refractivity contribution in [3.8, 4) is 0 Å². The van der Waals surface area contributed by atoms with Crippen molar-refractivity contribution in [1.82, 2.24) is 0 Å². The van der Waals surface area contributed by atoms with Gasteiger partial charge in [0.15, 0.2) is 0 Å². The van der Waals surface area contributed by atoms with Crippen molar-refractivity contribution < 1.29 is 14.9 Å². The fourth-order valence-electron chi connectivity index (χ4n) is 2.04. The van der Waals surface area contributed by atoms with Crippen LogP contribution in [-0.2, 0) is 11.3 Å². The van der Waals surface area contributed by atoms with E-state index >= 15 is 0 Å². The third kappa shape index (κ3) is 2.90. The molecule has 1 heterocycles. The maximum atomic E-state index is 9.33. The van der Waals surface area contributed by atoms with Crippen molar-refractivity contribution >= 4 is 17.3 Å². The molecule has 1 aromatic carbocycles. The highest BCUT2D eigenvalue weighted by molar-refractivity contribution is 6.30. The molecule has 0 aromatic heterocycles. The van der Waals surface area contributed by atoms with Crippen LogP contribution in [0.15, 0.2) is 18.2 Å². The second kappa shape index (κ2) is 5.69. The molecule has 1 aliphatic rings. The van der Waals surface area contributed by atoms with Gasteiger partial charge in [0, 0.05) is 29.4 Å². The number of morpholine rings is 1. The van der Waals surface area contributed by atoms with Gasteiger partial charge in [-0.2, -0.15) is 0 Å². The molecule has 0 aliphatic carbocycles. The van der Waals surface area contributed by atoms with E-state index in [0.29, 0.717) is 18.2 Å². The first kappa shape index (κ1) is 12.6. The molecule has 1 saturated heterocycles. The first-order valence-corrected chi connectivity index (χ1v) is 5.99. The molecule has 1 unspecified atom stereocenters. The molecule has 0 amide bonds. The van der Waals surface area contributed by atoms with Crippen LogP contribution in [0.25, 0.3) is 0 Å². The highest BCUT2D eigenvalue weighted by Gasteiger charge is 2.21. The van der Waals surface area contributed by atoms with E-state index in [1.807, 2.05) is 6.07 Å². The Kier molecular flexibility index (Phi) is 4.23. The Labute approximate surface area is 105 Å². The average Bonchev–Trinajstić information content (AvgIpc) is 2.38. The summed E-state index contributed by atoms with van der Waals surface area (Å²) in [5, 5.41) is 19.1. The zero-order valence-electron chi connectivity index (χ0n) is 9.47. The maximum absolute atomic E-state index is 9.33. The number of ether oxygens (including phenoxy) is 1. The van der Waals surface area contributed by atoms with Crippen LogP contribution in [-0.4, -0.2) is 42.6 Å². The van der Waals surface area contributed by atoms with Gasteiger partial charge >= 0.3 is 0 Å². The molecule has 4 nitrogen and oxygen atoms in total. The standard InChI is InChI=1S/C12H16ClNO3/c13-10-1-2-12(9(5-10)7-15)14-3-4-17-11(6-14)8-16/h1-2,5,11,15-16H,3-4,6-8H2. The lowest BCUT2D eigenvalue weighted by Gasteiger charge is -2.34. The smallest absolute Gasteiger partial charge is 0.0980 e. The zero-order chi connectivity index (χ0) is 12.3. The third-order valence-corrected chi connectivity index (χ3v) is 3.13. The van der Waals surface area contributed by atoms with Crippen LogP contribution < -0.4 is 4.90 Å². The Morgan fingerprint density at radius 2 is 2.24 bits per heavy atom. The van der Waals surface area contributed by atoms with E-state index in [0.717, 1.165) is 17.8 Å². The second-order valence-electron chi connectivity index (χ2n) is 4.05. The van der Waals surface area contributed by atoms with Crippen LogP contribution in [0, 0.1) is 0 Å². The Bertz CT molecular complexity index is 386. The summed E-state index contributed by atoms with van der Waals surface area (Å²) in [5.41, 5.74) is 1.76. The van der Waals surface area contributed by atoms with Crippen LogP contribution in [0.5, 0.6) is 0 Å². The quantitative estimate of drug-likeness (QED) is 0.849. The van der Waals surface area contributed by atoms with Crippen molar-refractivity contribution in [2.45, 2.75) is 12.7 Å². The molecule has 1 atom stereocenters. The maximum Gasteiger partial charge on any atom is 0.0980 e. The molecule has 1 fully saturated rings.